The molecule has 1 heteroatoms. The Hall–Kier alpha value is -0.820. The van der Waals surface area contributed by atoms with Crippen LogP contribution in [-0.4, -0.2) is 6.04 Å². The largest absolute Gasteiger partial charge is 0.327 e. The molecule has 1 aliphatic carbocycles. The van der Waals surface area contributed by atoms with E-state index >= 15 is 0 Å². The molecule has 1 aliphatic rings. The minimum Gasteiger partial charge on any atom is -0.327 e. The van der Waals surface area contributed by atoms with Gasteiger partial charge in [0.2, 0.25) is 0 Å². The van der Waals surface area contributed by atoms with Crippen molar-refractivity contribution in [2.24, 2.45) is 22.5 Å². The Labute approximate surface area is 99.0 Å². The Morgan fingerprint density at radius 2 is 1.56 bits per heavy atom. The van der Waals surface area contributed by atoms with E-state index in [-0.39, 0.29) is 6.04 Å². The standard InChI is InChI=1S/C15H23N/c1-14(2)13(15(14,3)4)12(16)10-11-8-6-5-7-9-11/h5-9,12-13H,10,16H2,1-4H3. The molecule has 2 rings (SSSR count). The van der Waals surface area contributed by atoms with Crippen molar-refractivity contribution in [3.8, 4) is 0 Å². The molecule has 0 aromatic heterocycles. The second kappa shape index (κ2) is 3.59. The Morgan fingerprint density at radius 3 is 2.00 bits per heavy atom. The average molecular weight is 217 g/mol. The fourth-order valence-electron chi connectivity index (χ4n) is 3.32. The van der Waals surface area contributed by atoms with Crippen LogP contribution in [-0.2, 0) is 6.42 Å². The highest BCUT2D eigenvalue weighted by molar-refractivity contribution is 5.21. The molecular formula is C15H23N. The van der Waals surface area contributed by atoms with Gasteiger partial charge in [0, 0.05) is 6.04 Å². The third-order valence-corrected chi connectivity index (χ3v) is 4.87. The van der Waals surface area contributed by atoms with Gasteiger partial charge in [-0.1, -0.05) is 58.0 Å². The first kappa shape index (κ1) is 11.7. The first-order valence-corrected chi connectivity index (χ1v) is 6.17. The lowest BCUT2D eigenvalue weighted by Crippen LogP contribution is -2.28. The number of hydrogen-bond acceptors (Lipinski definition) is 1. The molecule has 0 amide bonds. The molecule has 0 heterocycles. The summed E-state index contributed by atoms with van der Waals surface area (Å²) in [5.74, 6) is 0.639. The first-order chi connectivity index (χ1) is 7.37. The van der Waals surface area contributed by atoms with Gasteiger partial charge in [-0.15, -0.1) is 0 Å². The summed E-state index contributed by atoms with van der Waals surface area (Å²) in [7, 11) is 0. The Morgan fingerprint density at radius 1 is 1.06 bits per heavy atom. The second-order valence-corrected chi connectivity index (χ2v) is 6.27. The summed E-state index contributed by atoms with van der Waals surface area (Å²) in [6.45, 7) is 9.34. The fourth-order valence-corrected chi connectivity index (χ4v) is 3.32. The van der Waals surface area contributed by atoms with Crippen LogP contribution in [0.5, 0.6) is 0 Å². The summed E-state index contributed by atoms with van der Waals surface area (Å²) >= 11 is 0. The van der Waals surface area contributed by atoms with Crippen molar-refractivity contribution in [1.82, 2.24) is 0 Å². The third-order valence-electron chi connectivity index (χ3n) is 4.87. The SMILES string of the molecule is CC1(C)C(C(N)Cc2ccccc2)C1(C)C. The summed E-state index contributed by atoms with van der Waals surface area (Å²) < 4.78 is 0. The molecule has 0 spiro atoms. The molecule has 0 radical (unpaired) electrons. The molecule has 1 fully saturated rings. The predicted octanol–water partition coefficient (Wildman–Crippen LogP) is 3.24. The van der Waals surface area contributed by atoms with Crippen LogP contribution in [0, 0.1) is 16.7 Å². The molecule has 88 valence electrons. The van der Waals surface area contributed by atoms with Crippen molar-refractivity contribution in [1.29, 1.82) is 0 Å². The van der Waals surface area contributed by atoms with Gasteiger partial charge >= 0.3 is 0 Å². The Balaban J connectivity index is 2.04. The van der Waals surface area contributed by atoms with Gasteiger partial charge in [-0.3, -0.25) is 0 Å². The van der Waals surface area contributed by atoms with E-state index in [1.165, 1.54) is 5.56 Å². The molecule has 16 heavy (non-hydrogen) atoms. The molecule has 0 saturated heterocycles. The van der Waals surface area contributed by atoms with E-state index in [9.17, 15) is 0 Å². The van der Waals surface area contributed by atoms with Gasteiger partial charge in [-0.2, -0.15) is 0 Å². The summed E-state index contributed by atoms with van der Waals surface area (Å²) in [5.41, 5.74) is 8.50. The van der Waals surface area contributed by atoms with Crippen molar-refractivity contribution in [3.63, 3.8) is 0 Å². The van der Waals surface area contributed by atoms with Crippen molar-refractivity contribution in [2.45, 2.75) is 40.2 Å². The topological polar surface area (TPSA) is 26.0 Å². The van der Waals surface area contributed by atoms with Crippen molar-refractivity contribution in [3.05, 3.63) is 35.9 Å². The lowest BCUT2D eigenvalue weighted by atomic mass is 9.98. The van der Waals surface area contributed by atoms with Crippen molar-refractivity contribution in [2.75, 3.05) is 0 Å². The zero-order valence-corrected chi connectivity index (χ0v) is 10.8. The van der Waals surface area contributed by atoms with E-state index in [2.05, 4.69) is 58.0 Å². The number of benzene rings is 1. The van der Waals surface area contributed by atoms with Crippen LogP contribution in [0.2, 0.25) is 0 Å². The number of rotatable bonds is 3. The van der Waals surface area contributed by atoms with E-state index in [0.29, 0.717) is 16.7 Å². The summed E-state index contributed by atoms with van der Waals surface area (Å²) in [6, 6.07) is 10.9. The normalized spacial score (nSPS) is 24.1. The van der Waals surface area contributed by atoms with E-state index in [1.54, 1.807) is 0 Å². The first-order valence-electron chi connectivity index (χ1n) is 6.17. The fraction of sp³-hybridized carbons (Fsp3) is 0.600. The van der Waals surface area contributed by atoms with E-state index < -0.39 is 0 Å². The molecule has 0 bridgehead atoms. The van der Waals surface area contributed by atoms with Crippen LogP contribution < -0.4 is 5.73 Å². The van der Waals surface area contributed by atoms with Crippen LogP contribution in [0.15, 0.2) is 30.3 Å². The maximum Gasteiger partial charge on any atom is 0.0118 e. The van der Waals surface area contributed by atoms with Gasteiger partial charge in [0.05, 0.1) is 0 Å². The minimum absolute atomic E-state index is 0.285. The smallest absolute Gasteiger partial charge is 0.0118 e. The van der Waals surface area contributed by atoms with Crippen molar-refractivity contribution < 1.29 is 0 Å². The highest BCUT2D eigenvalue weighted by Gasteiger charge is 2.66. The maximum atomic E-state index is 6.36. The van der Waals surface area contributed by atoms with Crippen LogP contribution in [0.1, 0.15) is 33.3 Å². The van der Waals surface area contributed by atoms with Gasteiger partial charge < -0.3 is 5.73 Å². The van der Waals surface area contributed by atoms with E-state index in [4.69, 9.17) is 5.73 Å². The molecule has 1 aromatic rings. The molecule has 1 aromatic carbocycles. The van der Waals surface area contributed by atoms with Crippen LogP contribution in [0.4, 0.5) is 0 Å². The summed E-state index contributed by atoms with van der Waals surface area (Å²) in [4.78, 5) is 0. The van der Waals surface area contributed by atoms with Gasteiger partial charge in [-0.05, 0) is 28.7 Å². The minimum atomic E-state index is 0.285. The molecule has 0 aliphatic heterocycles. The summed E-state index contributed by atoms with van der Waals surface area (Å²) in [5, 5.41) is 0. The predicted molar refractivity (Wildman–Crippen MR) is 69.2 cm³/mol. The van der Waals surface area contributed by atoms with E-state index in [1.807, 2.05) is 0 Å². The quantitative estimate of drug-likeness (QED) is 0.826. The molecule has 1 nitrogen and oxygen atoms in total. The van der Waals surface area contributed by atoms with Crippen LogP contribution in [0.25, 0.3) is 0 Å². The number of nitrogens with two attached hydrogens (primary N) is 1. The summed E-state index contributed by atoms with van der Waals surface area (Å²) in [6.07, 6.45) is 0.998. The average Bonchev–Trinajstić information content (AvgIpc) is 2.58. The zero-order chi connectivity index (χ0) is 12.0. The van der Waals surface area contributed by atoms with Gasteiger partial charge in [0.15, 0.2) is 0 Å². The molecular weight excluding hydrogens is 194 g/mol. The lowest BCUT2D eigenvalue weighted by molar-refractivity contribution is 0.457. The van der Waals surface area contributed by atoms with Crippen LogP contribution >= 0.6 is 0 Å². The highest BCUT2D eigenvalue weighted by Crippen LogP contribution is 2.69. The monoisotopic (exact) mass is 217 g/mol. The molecule has 1 saturated carbocycles. The highest BCUT2D eigenvalue weighted by atomic mass is 14.8. The van der Waals surface area contributed by atoms with E-state index in [0.717, 1.165) is 6.42 Å². The Kier molecular flexibility index (Phi) is 2.62. The zero-order valence-electron chi connectivity index (χ0n) is 10.8. The Bertz CT molecular complexity index is 350. The van der Waals surface area contributed by atoms with Gasteiger partial charge in [0.25, 0.3) is 0 Å². The molecule has 2 N–H and O–H groups in total. The maximum absolute atomic E-state index is 6.36. The van der Waals surface area contributed by atoms with Crippen molar-refractivity contribution >= 4 is 0 Å². The van der Waals surface area contributed by atoms with Crippen LogP contribution in [0.3, 0.4) is 0 Å². The lowest BCUT2D eigenvalue weighted by Gasteiger charge is -2.13. The third kappa shape index (κ3) is 1.67. The molecule has 1 unspecified atom stereocenters. The van der Waals surface area contributed by atoms with Gasteiger partial charge in [0.1, 0.15) is 0 Å². The number of hydrogen-bond donors (Lipinski definition) is 1. The van der Waals surface area contributed by atoms with Gasteiger partial charge in [-0.25, -0.2) is 0 Å². The molecule has 1 atom stereocenters. The second-order valence-electron chi connectivity index (χ2n) is 6.27.